The van der Waals surface area contributed by atoms with E-state index in [1.54, 1.807) is 0 Å². The van der Waals surface area contributed by atoms with Gasteiger partial charge in [0.05, 0.1) is 28.9 Å². The summed E-state index contributed by atoms with van der Waals surface area (Å²) < 4.78 is 69.3. The normalized spacial score (nSPS) is 17.4. The van der Waals surface area contributed by atoms with Crippen molar-refractivity contribution in [3.8, 4) is 5.75 Å². The van der Waals surface area contributed by atoms with Crippen molar-refractivity contribution in [2.24, 2.45) is 0 Å². The van der Waals surface area contributed by atoms with Crippen LogP contribution in [0.1, 0.15) is 0 Å². The Bertz CT molecular complexity index is 1440. The predicted molar refractivity (Wildman–Crippen MR) is 119 cm³/mol. The molecule has 0 amide bonds. The summed E-state index contributed by atoms with van der Waals surface area (Å²) >= 11 is 1.08. The number of aliphatic hydroxyl groups excluding tert-OH is 1. The summed E-state index contributed by atoms with van der Waals surface area (Å²) in [4.78, 5) is 29.9. The molecule has 1 atom stereocenters. The number of thiazole rings is 1. The number of fused-ring (bicyclic) bond motifs is 1. The van der Waals surface area contributed by atoms with Gasteiger partial charge in [-0.25, -0.2) is 18.1 Å². The van der Waals surface area contributed by atoms with Crippen LogP contribution in [0.25, 0.3) is 10.2 Å². The lowest BCUT2D eigenvalue weighted by Crippen LogP contribution is -2.58. The van der Waals surface area contributed by atoms with E-state index in [1.807, 2.05) is 0 Å². The topological polar surface area (TPSA) is 155 Å². The molecule has 0 bridgehead atoms. The molecule has 1 aromatic carbocycles. The quantitative estimate of drug-likeness (QED) is 0.430. The third-order valence-corrected chi connectivity index (χ3v) is 8.23. The Balaban J connectivity index is 1.58. The molecular formula is C19H18F3N5O7S2. The van der Waals surface area contributed by atoms with E-state index in [9.17, 15) is 36.3 Å². The van der Waals surface area contributed by atoms with Crippen molar-refractivity contribution < 1.29 is 41.3 Å². The molecule has 1 aliphatic heterocycles. The van der Waals surface area contributed by atoms with Gasteiger partial charge in [-0.15, -0.1) is 13.2 Å². The SMILES string of the molecule is O=C(O)[C@H]1CN(c2nc3c(=O)n(CCO)ncc3s2)CCN1S(=O)(=O)c1ccc(OC(F)(F)F)cc1. The molecule has 36 heavy (non-hydrogen) atoms. The van der Waals surface area contributed by atoms with Crippen molar-refractivity contribution in [1.29, 1.82) is 0 Å². The van der Waals surface area contributed by atoms with E-state index in [-0.39, 0.29) is 38.3 Å². The third kappa shape index (κ3) is 5.13. The Morgan fingerprint density at radius 2 is 1.92 bits per heavy atom. The first-order chi connectivity index (χ1) is 16.9. The molecule has 3 heterocycles. The number of carboxylic acid groups (broad SMARTS) is 1. The summed E-state index contributed by atoms with van der Waals surface area (Å²) in [5.74, 6) is -2.06. The molecule has 1 fully saturated rings. The molecule has 0 aliphatic carbocycles. The number of aliphatic hydroxyl groups is 1. The fourth-order valence-electron chi connectivity index (χ4n) is 3.62. The first kappa shape index (κ1) is 25.8. The average Bonchev–Trinajstić information content (AvgIpc) is 3.25. The summed E-state index contributed by atoms with van der Waals surface area (Å²) in [6.07, 6.45) is -3.55. The van der Waals surface area contributed by atoms with Crippen molar-refractivity contribution in [2.75, 3.05) is 31.1 Å². The Morgan fingerprint density at radius 1 is 1.22 bits per heavy atom. The minimum absolute atomic E-state index is 0.0252. The van der Waals surface area contributed by atoms with Crippen LogP contribution in [0.4, 0.5) is 18.3 Å². The molecule has 1 aliphatic rings. The van der Waals surface area contributed by atoms with E-state index in [0.29, 0.717) is 9.83 Å². The maximum absolute atomic E-state index is 13.1. The molecule has 2 aromatic heterocycles. The van der Waals surface area contributed by atoms with Crippen molar-refractivity contribution >= 4 is 42.7 Å². The molecule has 0 unspecified atom stereocenters. The first-order valence-electron chi connectivity index (χ1n) is 10.2. The second kappa shape index (κ2) is 9.64. The third-order valence-electron chi connectivity index (χ3n) is 5.26. The molecular weight excluding hydrogens is 531 g/mol. The summed E-state index contributed by atoms with van der Waals surface area (Å²) in [6, 6.07) is 1.92. The van der Waals surface area contributed by atoms with E-state index in [4.69, 9.17) is 5.11 Å². The number of alkyl halides is 3. The number of hydrogen-bond donors (Lipinski definition) is 2. The lowest BCUT2D eigenvalue weighted by Gasteiger charge is -2.38. The summed E-state index contributed by atoms with van der Waals surface area (Å²) in [6.45, 7) is -0.839. The standard InChI is InChI=1S/C19H18F3N5O7S2/c20-19(21,22)34-11-1-3-12(4-2-11)36(32,33)27-6-5-25(10-13(27)17(30)31)18-24-15-14(35-18)9-23-26(7-8-28)16(15)29/h1-4,9,13,28H,5-8,10H2,(H,30,31)/t13-/m1/s1. The smallest absolute Gasteiger partial charge is 0.480 e. The second-order valence-corrected chi connectivity index (χ2v) is 10.4. The van der Waals surface area contributed by atoms with Crippen LogP contribution in [0.3, 0.4) is 0 Å². The molecule has 4 rings (SSSR count). The maximum atomic E-state index is 13.1. The number of hydrogen-bond acceptors (Lipinski definition) is 10. The number of aliphatic carboxylic acids is 1. The van der Waals surface area contributed by atoms with Gasteiger partial charge in [0.1, 0.15) is 11.8 Å². The highest BCUT2D eigenvalue weighted by atomic mass is 32.2. The number of sulfonamides is 1. The molecule has 0 radical (unpaired) electrons. The minimum atomic E-state index is -4.95. The van der Waals surface area contributed by atoms with Crippen molar-refractivity contribution in [1.82, 2.24) is 19.1 Å². The number of halogens is 3. The van der Waals surface area contributed by atoms with E-state index < -0.39 is 44.6 Å². The van der Waals surface area contributed by atoms with Crippen LogP contribution in [-0.2, 0) is 21.4 Å². The van der Waals surface area contributed by atoms with E-state index in [1.165, 1.54) is 11.1 Å². The van der Waals surface area contributed by atoms with Crippen LogP contribution >= 0.6 is 11.3 Å². The number of anilines is 1. The molecule has 0 spiro atoms. The number of ether oxygens (including phenoxy) is 1. The fraction of sp³-hybridized carbons (Fsp3) is 0.368. The Labute approximate surface area is 204 Å². The second-order valence-electron chi connectivity index (χ2n) is 7.54. The van der Waals surface area contributed by atoms with Gasteiger partial charge in [-0.05, 0) is 24.3 Å². The minimum Gasteiger partial charge on any atom is -0.480 e. The van der Waals surface area contributed by atoms with E-state index in [0.717, 1.165) is 44.6 Å². The number of piperazine rings is 1. The van der Waals surface area contributed by atoms with Gasteiger partial charge in [-0.1, -0.05) is 11.3 Å². The van der Waals surface area contributed by atoms with Crippen LogP contribution in [0.2, 0.25) is 0 Å². The number of benzene rings is 1. The van der Waals surface area contributed by atoms with E-state index in [2.05, 4.69) is 14.8 Å². The van der Waals surface area contributed by atoms with Crippen LogP contribution < -0.4 is 15.2 Å². The number of carbonyl (C=O) groups is 1. The van der Waals surface area contributed by atoms with Gasteiger partial charge in [0.2, 0.25) is 10.0 Å². The molecule has 194 valence electrons. The predicted octanol–water partition coefficient (Wildman–Crippen LogP) is 0.708. The highest BCUT2D eigenvalue weighted by Gasteiger charge is 2.41. The zero-order valence-electron chi connectivity index (χ0n) is 18.1. The summed E-state index contributed by atoms with van der Waals surface area (Å²) in [7, 11) is -4.38. The summed E-state index contributed by atoms with van der Waals surface area (Å²) in [5, 5.41) is 23.0. The number of nitrogens with zero attached hydrogens (tertiary/aromatic N) is 5. The van der Waals surface area contributed by atoms with Crippen LogP contribution in [0.15, 0.2) is 40.2 Å². The van der Waals surface area contributed by atoms with Gasteiger partial charge >= 0.3 is 12.3 Å². The molecule has 3 aromatic rings. The zero-order valence-corrected chi connectivity index (χ0v) is 19.8. The van der Waals surface area contributed by atoms with E-state index >= 15 is 0 Å². The van der Waals surface area contributed by atoms with Crippen LogP contribution in [-0.4, -0.2) is 82.3 Å². The lowest BCUT2D eigenvalue weighted by atomic mass is 10.2. The molecule has 12 nitrogen and oxygen atoms in total. The molecule has 1 saturated heterocycles. The van der Waals surface area contributed by atoms with Gasteiger partial charge in [-0.3, -0.25) is 9.59 Å². The van der Waals surface area contributed by atoms with Crippen molar-refractivity contribution in [3.05, 3.63) is 40.8 Å². The molecule has 2 N–H and O–H groups in total. The Hall–Kier alpha value is -3.28. The van der Waals surface area contributed by atoms with Gasteiger partial charge in [0.15, 0.2) is 10.6 Å². The maximum Gasteiger partial charge on any atom is 0.573 e. The Kier molecular flexibility index (Phi) is 6.91. The van der Waals surface area contributed by atoms with Gasteiger partial charge in [-0.2, -0.15) is 9.40 Å². The first-order valence-corrected chi connectivity index (χ1v) is 12.5. The van der Waals surface area contributed by atoms with Gasteiger partial charge < -0.3 is 19.8 Å². The lowest BCUT2D eigenvalue weighted by molar-refractivity contribution is -0.274. The zero-order chi connectivity index (χ0) is 26.3. The Morgan fingerprint density at radius 3 is 2.53 bits per heavy atom. The van der Waals surface area contributed by atoms with Gasteiger partial charge in [0.25, 0.3) is 5.56 Å². The number of carboxylic acids is 1. The highest BCUT2D eigenvalue weighted by molar-refractivity contribution is 7.89. The average molecular weight is 550 g/mol. The molecule has 0 saturated carbocycles. The highest BCUT2D eigenvalue weighted by Crippen LogP contribution is 2.31. The largest absolute Gasteiger partial charge is 0.573 e. The van der Waals surface area contributed by atoms with Gasteiger partial charge in [0, 0.05) is 19.6 Å². The van der Waals surface area contributed by atoms with Crippen molar-refractivity contribution in [3.63, 3.8) is 0 Å². The van der Waals surface area contributed by atoms with Crippen molar-refractivity contribution in [2.45, 2.75) is 23.8 Å². The van der Waals surface area contributed by atoms with Crippen LogP contribution in [0, 0.1) is 0 Å². The molecule has 17 heteroatoms. The monoisotopic (exact) mass is 549 g/mol. The number of rotatable bonds is 7. The fourth-order valence-corrected chi connectivity index (χ4v) is 6.15. The van der Waals surface area contributed by atoms with Crippen LogP contribution in [0.5, 0.6) is 5.75 Å². The summed E-state index contributed by atoms with van der Waals surface area (Å²) in [5.41, 5.74) is -0.445. The number of aromatic nitrogens is 3.